The van der Waals surface area contributed by atoms with Crippen molar-refractivity contribution in [2.45, 2.75) is 82.6 Å². The molecule has 26 heavy (non-hydrogen) atoms. The Labute approximate surface area is 162 Å². The molecule has 5 atom stereocenters. The number of rotatable bonds is 14. The lowest BCUT2D eigenvalue weighted by molar-refractivity contribution is -0.137. The number of nitrogens with one attached hydrogen (secondary N) is 1. The van der Waals surface area contributed by atoms with Crippen molar-refractivity contribution in [1.82, 2.24) is 5.32 Å². The van der Waals surface area contributed by atoms with E-state index < -0.39 is 5.97 Å². The van der Waals surface area contributed by atoms with E-state index in [1.54, 1.807) is 0 Å². The van der Waals surface area contributed by atoms with Crippen LogP contribution in [0.5, 0.6) is 0 Å². The van der Waals surface area contributed by atoms with Gasteiger partial charge in [0.15, 0.2) is 0 Å². The number of carbonyl (C=O) groups is 1. The van der Waals surface area contributed by atoms with E-state index in [-0.39, 0.29) is 18.6 Å². The molecule has 0 radical (unpaired) electrons. The SMILES string of the molecule is CCCSCCC(O)CN[C@H]1[C@@H](C/C=C\CCCC(=O)O)[C@H]2CC[C@@H]1O2. The van der Waals surface area contributed by atoms with E-state index in [1.807, 2.05) is 11.8 Å². The molecule has 2 aliphatic rings. The van der Waals surface area contributed by atoms with E-state index in [4.69, 9.17) is 9.84 Å². The first-order valence-electron chi connectivity index (χ1n) is 10.1. The Bertz CT molecular complexity index is 446. The van der Waals surface area contributed by atoms with Crippen LogP contribution in [0.2, 0.25) is 0 Å². The lowest BCUT2D eigenvalue weighted by Gasteiger charge is -2.29. The van der Waals surface area contributed by atoms with Crippen LogP contribution < -0.4 is 5.32 Å². The first-order chi connectivity index (χ1) is 12.6. The molecule has 150 valence electrons. The molecule has 0 aromatic heterocycles. The molecule has 0 amide bonds. The molecular weight excluding hydrogens is 350 g/mol. The molecular formula is C20H35NO4S. The van der Waals surface area contributed by atoms with E-state index in [1.165, 1.54) is 12.2 Å². The van der Waals surface area contributed by atoms with Crippen molar-refractivity contribution in [1.29, 1.82) is 0 Å². The summed E-state index contributed by atoms with van der Waals surface area (Å²) in [6.45, 7) is 2.82. The van der Waals surface area contributed by atoms with Crippen LogP contribution in [0.1, 0.15) is 58.3 Å². The maximum Gasteiger partial charge on any atom is 0.303 e. The molecule has 3 N–H and O–H groups in total. The number of allylic oxidation sites excluding steroid dienone is 2. The quantitative estimate of drug-likeness (QED) is 0.315. The molecule has 6 heteroatoms. The van der Waals surface area contributed by atoms with Gasteiger partial charge in [0.25, 0.3) is 0 Å². The van der Waals surface area contributed by atoms with Crippen molar-refractivity contribution in [3.8, 4) is 0 Å². The highest BCUT2D eigenvalue weighted by molar-refractivity contribution is 7.99. The third-order valence-electron chi connectivity index (χ3n) is 5.29. The molecule has 0 spiro atoms. The van der Waals surface area contributed by atoms with Gasteiger partial charge in [0.05, 0.1) is 18.3 Å². The number of thioether (sulfide) groups is 1. The van der Waals surface area contributed by atoms with Crippen LogP contribution in [0.3, 0.4) is 0 Å². The van der Waals surface area contributed by atoms with Crippen LogP contribution in [0.4, 0.5) is 0 Å². The first kappa shape index (κ1) is 21.7. The minimum absolute atomic E-state index is 0.236. The summed E-state index contributed by atoms with van der Waals surface area (Å²) >= 11 is 1.91. The molecule has 5 nitrogen and oxygen atoms in total. The molecule has 1 unspecified atom stereocenters. The molecule has 0 aromatic rings. The Balaban J connectivity index is 1.68. The zero-order chi connectivity index (χ0) is 18.8. The summed E-state index contributed by atoms with van der Waals surface area (Å²) < 4.78 is 6.09. The molecule has 2 fully saturated rings. The van der Waals surface area contributed by atoms with E-state index in [2.05, 4.69) is 24.4 Å². The predicted molar refractivity (Wildman–Crippen MR) is 107 cm³/mol. The van der Waals surface area contributed by atoms with E-state index in [0.29, 0.717) is 31.0 Å². The second-order valence-electron chi connectivity index (χ2n) is 7.44. The molecule has 2 saturated heterocycles. The fraction of sp³-hybridized carbons (Fsp3) is 0.850. The number of hydrogen-bond donors (Lipinski definition) is 3. The molecule has 2 aliphatic heterocycles. The Hall–Kier alpha value is -0.560. The van der Waals surface area contributed by atoms with Crippen molar-refractivity contribution in [2.24, 2.45) is 5.92 Å². The van der Waals surface area contributed by atoms with Crippen molar-refractivity contribution in [3.63, 3.8) is 0 Å². The summed E-state index contributed by atoms with van der Waals surface area (Å²) in [5.41, 5.74) is 0. The number of aliphatic carboxylic acids is 1. The fourth-order valence-electron chi connectivity index (χ4n) is 3.94. The first-order valence-corrected chi connectivity index (χ1v) is 11.3. The van der Waals surface area contributed by atoms with Gasteiger partial charge in [0, 0.05) is 24.9 Å². The van der Waals surface area contributed by atoms with Gasteiger partial charge in [-0.05, 0) is 56.5 Å². The average molecular weight is 386 g/mol. The average Bonchev–Trinajstić information content (AvgIpc) is 3.21. The number of carboxylic acids is 1. The van der Waals surface area contributed by atoms with Crippen LogP contribution in [-0.4, -0.2) is 58.6 Å². The number of fused-ring (bicyclic) bond motifs is 2. The van der Waals surface area contributed by atoms with Gasteiger partial charge < -0.3 is 20.3 Å². The number of ether oxygens (including phenoxy) is 1. The number of aliphatic hydroxyl groups excluding tert-OH is 1. The van der Waals surface area contributed by atoms with Crippen LogP contribution in [0, 0.1) is 5.92 Å². The molecule has 2 bridgehead atoms. The van der Waals surface area contributed by atoms with Crippen LogP contribution in [0.25, 0.3) is 0 Å². The maximum absolute atomic E-state index is 10.5. The monoisotopic (exact) mass is 385 g/mol. The lowest BCUT2D eigenvalue weighted by Crippen LogP contribution is -2.46. The van der Waals surface area contributed by atoms with Crippen LogP contribution in [0.15, 0.2) is 12.2 Å². The zero-order valence-electron chi connectivity index (χ0n) is 15.9. The highest BCUT2D eigenvalue weighted by Crippen LogP contribution is 2.41. The van der Waals surface area contributed by atoms with Crippen LogP contribution >= 0.6 is 11.8 Å². The summed E-state index contributed by atoms with van der Waals surface area (Å²) in [7, 11) is 0. The lowest BCUT2D eigenvalue weighted by atomic mass is 9.82. The fourth-order valence-corrected chi connectivity index (χ4v) is 4.87. The smallest absolute Gasteiger partial charge is 0.303 e. The number of hydrogen-bond acceptors (Lipinski definition) is 5. The van der Waals surface area contributed by atoms with Gasteiger partial charge >= 0.3 is 5.97 Å². The zero-order valence-corrected chi connectivity index (χ0v) is 16.8. The Morgan fingerprint density at radius 1 is 1.31 bits per heavy atom. The highest BCUT2D eigenvalue weighted by atomic mass is 32.2. The Kier molecular flexibility index (Phi) is 10.0. The van der Waals surface area contributed by atoms with E-state index in [0.717, 1.165) is 37.9 Å². The van der Waals surface area contributed by atoms with Crippen LogP contribution in [-0.2, 0) is 9.53 Å². The summed E-state index contributed by atoms with van der Waals surface area (Å²) in [6, 6.07) is 0.329. The van der Waals surface area contributed by atoms with Crippen molar-refractivity contribution >= 4 is 17.7 Å². The summed E-state index contributed by atoms with van der Waals surface area (Å²) in [5, 5.41) is 22.4. The van der Waals surface area contributed by atoms with Crippen molar-refractivity contribution in [2.75, 3.05) is 18.1 Å². The molecule has 0 saturated carbocycles. The minimum atomic E-state index is -0.726. The van der Waals surface area contributed by atoms with Gasteiger partial charge in [0.2, 0.25) is 0 Å². The molecule has 2 heterocycles. The topological polar surface area (TPSA) is 78.8 Å². The van der Waals surface area contributed by atoms with E-state index in [9.17, 15) is 9.90 Å². The van der Waals surface area contributed by atoms with Gasteiger partial charge in [-0.15, -0.1) is 0 Å². The Morgan fingerprint density at radius 3 is 2.88 bits per heavy atom. The van der Waals surface area contributed by atoms with Crippen molar-refractivity contribution < 1.29 is 19.7 Å². The van der Waals surface area contributed by atoms with Crippen molar-refractivity contribution in [3.05, 3.63) is 12.2 Å². The maximum atomic E-state index is 10.5. The summed E-state index contributed by atoms with van der Waals surface area (Å²) in [6.07, 6.45) is 11.6. The van der Waals surface area contributed by atoms with Gasteiger partial charge in [0.1, 0.15) is 0 Å². The summed E-state index contributed by atoms with van der Waals surface area (Å²) in [5.74, 6) is 1.93. The Morgan fingerprint density at radius 2 is 2.12 bits per heavy atom. The highest BCUT2D eigenvalue weighted by Gasteiger charge is 2.47. The van der Waals surface area contributed by atoms with Gasteiger partial charge in [-0.3, -0.25) is 4.79 Å². The molecule has 0 aliphatic carbocycles. The second kappa shape index (κ2) is 12.0. The summed E-state index contributed by atoms with van der Waals surface area (Å²) in [4.78, 5) is 10.5. The number of carboxylic acid groups (broad SMARTS) is 1. The van der Waals surface area contributed by atoms with Gasteiger partial charge in [-0.25, -0.2) is 0 Å². The second-order valence-corrected chi connectivity index (χ2v) is 8.66. The molecule has 0 aromatic carbocycles. The third-order valence-corrected chi connectivity index (χ3v) is 6.52. The minimum Gasteiger partial charge on any atom is -0.481 e. The normalized spacial score (nSPS) is 28.8. The third kappa shape index (κ3) is 7.22. The standard InChI is InChI=1S/C20H35NO4S/c1-2-12-26-13-11-15(22)14-21-20-16(17-9-10-18(20)25-17)7-5-3-4-6-8-19(23)24/h3,5,15-18,20-22H,2,4,6-14H2,1H3,(H,23,24)/b5-3-/t15?,16-,17+,18-,20-/m0/s1. The largest absolute Gasteiger partial charge is 0.481 e. The van der Waals surface area contributed by atoms with Gasteiger partial charge in [-0.2, -0.15) is 11.8 Å². The van der Waals surface area contributed by atoms with Gasteiger partial charge in [-0.1, -0.05) is 19.1 Å². The molecule has 2 rings (SSSR count). The predicted octanol–water partition coefficient (Wildman–Crippen LogP) is 3.22. The number of unbranched alkanes of at least 4 members (excludes halogenated alkanes) is 1. The van der Waals surface area contributed by atoms with E-state index >= 15 is 0 Å². The number of aliphatic hydroxyl groups is 1.